The third-order valence-corrected chi connectivity index (χ3v) is 5.02. The van der Waals surface area contributed by atoms with Crippen molar-refractivity contribution in [2.45, 2.75) is 27.2 Å². The van der Waals surface area contributed by atoms with Gasteiger partial charge in [-0.05, 0) is 39.0 Å². The van der Waals surface area contributed by atoms with Gasteiger partial charge >= 0.3 is 0 Å². The summed E-state index contributed by atoms with van der Waals surface area (Å²) < 4.78 is 15.7. The lowest BCUT2D eigenvalue weighted by molar-refractivity contribution is -0.115. The molecule has 3 rings (SSSR count). The first-order valence-corrected chi connectivity index (χ1v) is 9.44. The number of nitrogens with zero attached hydrogens (tertiary/aromatic N) is 3. The van der Waals surface area contributed by atoms with Crippen LogP contribution in [0.3, 0.4) is 0 Å². The smallest absolute Gasteiger partial charge is 0.255 e. The summed E-state index contributed by atoms with van der Waals surface area (Å²) in [4.78, 5) is 29.0. The molecule has 7 nitrogen and oxygen atoms in total. The van der Waals surface area contributed by atoms with Crippen molar-refractivity contribution >= 4 is 34.5 Å². The normalized spacial score (nSPS) is 10.8. The second kappa shape index (κ2) is 7.89. The molecule has 28 heavy (non-hydrogen) atoms. The lowest BCUT2D eigenvalue weighted by atomic mass is 10.1. The fraction of sp³-hybridized carbons (Fsp3) is 0.263. The Hall–Kier alpha value is -3.07. The zero-order chi connectivity index (χ0) is 20.4. The topological polar surface area (TPSA) is 88.9 Å². The van der Waals surface area contributed by atoms with Gasteiger partial charge in [-0.25, -0.2) is 9.37 Å². The van der Waals surface area contributed by atoms with Crippen LogP contribution in [0.5, 0.6) is 0 Å². The van der Waals surface area contributed by atoms with E-state index in [1.54, 1.807) is 24.0 Å². The van der Waals surface area contributed by atoms with E-state index in [2.05, 4.69) is 20.7 Å². The van der Waals surface area contributed by atoms with Gasteiger partial charge in [0.1, 0.15) is 5.82 Å². The first-order valence-electron chi connectivity index (χ1n) is 8.56. The third kappa shape index (κ3) is 4.42. The van der Waals surface area contributed by atoms with Crippen LogP contribution in [0.1, 0.15) is 32.4 Å². The standard InChI is InChI=1S/C19H20FN5O2S/c1-10-18(11(2)25(4)24-10)23-19(27)13-5-14(20)7-15(6-13)22-17(26)8-16-9-28-12(3)21-16/h5-7,9H,8H2,1-4H3,(H,22,26)(H,23,27). The number of anilines is 2. The summed E-state index contributed by atoms with van der Waals surface area (Å²) in [7, 11) is 1.78. The van der Waals surface area contributed by atoms with Gasteiger partial charge < -0.3 is 10.6 Å². The van der Waals surface area contributed by atoms with Crippen LogP contribution in [0, 0.1) is 26.6 Å². The zero-order valence-electron chi connectivity index (χ0n) is 16.0. The molecule has 2 amide bonds. The Balaban J connectivity index is 1.75. The Kier molecular flexibility index (Phi) is 5.55. The summed E-state index contributed by atoms with van der Waals surface area (Å²) in [5.74, 6) is -1.43. The minimum Gasteiger partial charge on any atom is -0.326 e. The van der Waals surface area contributed by atoms with Crippen LogP contribution < -0.4 is 10.6 Å². The number of rotatable bonds is 5. The van der Waals surface area contributed by atoms with E-state index >= 15 is 0 Å². The number of nitrogens with one attached hydrogen (secondary N) is 2. The molecule has 0 saturated carbocycles. The van der Waals surface area contributed by atoms with Crippen molar-refractivity contribution in [3.63, 3.8) is 0 Å². The lowest BCUT2D eigenvalue weighted by Crippen LogP contribution is -2.17. The van der Waals surface area contributed by atoms with E-state index in [0.29, 0.717) is 17.1 Å². The van der Waals surface area contributed by atoms with Gasteiger partial charge in [-0.2, -0.15) is 5.10 Å². The lowest BCUT2D eigenvalue weighted by Gasteiger charge is -2.09. The van der Waals surface area contributed by atoms with Crippen LogP contribution in [0.25, 0.3) is 0 Å². The maximum absolute atomic E-state index is 14.0. The number of hydrogen-bond acceptors (Lipinski definition) is 5. The highest BCUT2D eigenvalue weighted by Crippen LogP contribution is 2.21. The second-order valence-electron chi connectivity index (χ2n) is 6.43. The van der Waals surface area contributed by atoms with Gasteiger partial charge in [0.25, 0.3) is 5.91 Å². The largest absolute Gasteiger partial charge is 0.326 e. The molecule has 0 unspecified atom stereocenters. The first-order chi connectivity index (χ1) is 13.2. The maximum atomic E-state index is 14.0. The Morgan fingerprint density at radius 2 is 1.93 bits per heavy atom. The summed E-state index contributed by atoms with van der Waals surface area (Å²) in [6.45, 7) is 5.46. The average molecular weight is 401 g/mol. The van der Waals surface area contributed by atoms with Gasteiger partial charge in [-0.1, -0.05) is 0 Å². The summed E-state index contributed by atoms with van der Waals surface area (Å²) in [5.41, 5.74) is 2.99. The van der Waals surface area contributed by atoms with Gasteiger partial charge in [0.05, 0.1) is 34.2 Å². The van der Waals surface area contributed by atoms with Gasteiger partial charge in [-0.15, -0.1) is 11.3 Å². The molecule has 0 fully saturated rings. The molecule has 2 aromatic heterocycles. The van der Waals surface area contributed by atoms with Crippen LogP contribution in [0.2, 0.25) is 0 Å². The van der Waals surface area contributed by atoms with Crippen molar-refractivity contribution in [3.05, 3.63) is 57.0 Å². The van der Waals surface area contributed by atoms with Crippen molar-refractivity contribution in [1.29, 1.82) is 0 Å². The third-order valence-electron chi connectivity index (χ3n) is 4.20. The van der Waals surface area contributed by atoms with Crippen LogP contribution >= 0.6 is 11.3 Å². The van der Waals surface area contributed by atoms with Gasteiger partial charge in [0, 0.05) is 23.7 Å². The number of aromatic nitrogens is 3. The quantitative estimate of drug-likeness (QED) is 0.686. The fourth-order valence-electron chi connectivity index (χ4n) is 2.79. The molecule has 2 N–H and O–H groups in total. The monoisotopic (exact) mass is 401 g/mol. The highest BCUT2D eigenvalue weighted by atomic mass is 32.1. The SMILES string of the molecule is Cc1nc(CC(=O)Nc2cc(F)cc(C(=O)Nc3c(C)nn(C)c3C)c2)cs1. The van der Waals surface area contributed by atoms with Crippen LogP contribution in [0.15, 0.2) is 23.6 Å². The van der Waals surface area contributed by atoms with E-state index in [1.165, 1.54) is 23.5 Å². The maximum Gasteiger partial charge on any atom is 0.255 e. The van der Waals surface area contributed by atoms with Crippen molar-refractivity contribution in [2.75, 3.05) is 10.6 Å². The number of aryl methyl sites for hydroxylation is 3. The van der Waals surface area contributed by atoms with E-state index in [9.17, 15) is 14.0 Å². The van der Waals surface area contributed by atoms with Gasteiger partial charge in [0.15, 0.2) is 0 Å². The van der Waals surface area contributed by atoms with E-state index in [1.807, 2.05) is 13.8 Å². The van der Waals surface area contributed by atoms with Gasteiger partial charge in [0.2, 0.25) is 5.91 Å². The number of halogens is 1. The number of carbonyl (C=O) groups is 2. The summed E-state index contributed by atoms with van der Waals surface area (Å²) in [6, 6.07) is 3.72. The van der Waals surface area contributed by atoms with E-state index in [4.69, 9.17) is 0 Å². The number of carbonyl (C=O) groups excluding carboxylic acids is 2. The van der Waals surface area contributed by atoms with Gasteiger partial charge in [-0.3, -0.25) is 14.3 Å². The van der Waals surface area contributed by atoms with E-state index < -0.39 is 11.7 Å². The number of benzene rings is 1. The van der Waals surface area contributed by atoms with Crippen LogP contribution in [0.4, 0.5) is 15.8 Å². The van der Waals surface area contributed by atoms with E-state index in [-0.39, 0.29) is 23.6 Å². The summed E-state index contributed by atoms with van der Waals surface area (Å²) in [5, 5.41) is 12.3. The molecule has 0 atom stereocenters. The molecule has 0 aliphatic rings. The molecule has 9 heteroatoms. The first kappa shape index (κ1) is 19.7. The summed E-state index contributed by atoms with van der Waals surface area (Å²) in [6.07, 6.45) is 0.0798. The average Bonchev–Trinajstić information content (AvgIpc) is 3.11. The molecule has 1 aromatic carbocycles. The van der Waals surface area contributed by atoms with Crippen LogP contribution in [-0.2, 0) is 18.3 Å². The van der Waals surface area contributed by atoms with Crippen molar-refractivity contribution in [1.82, 2.24) is 14.8 Å². The Morgan fingerprint density at radius 3 is 2.54 bits per heavy atom. The molecule has 0 radical (unpaired) electrons. The molecule has 0 aliphatic heterocycles. The number of thiazole rings is 1. The molecular weight excluding hydrogens is 381 g/mol. The summed E-state index contributed by atoms with van der Waals surface area (Å²) >= 11 is 1.46. The predicted octanol–water partition coefficient (Wildman–Crippen LogP) is 3.37. The Labute approximate surface area is 165 Å². The molecule has 0 bridgehead atoms. The molecule has 0 saturated heterocycles. The highest BCUT2D eigenvalue weighted by molar-refractivity contribution is 7.09. The minimum atomic E-state index is -0.618. The van der Waals surface area contributed by atoms with Crippen molar-refractivity contribution < 1.29 is 14.0 Å². The molecule has 0 spiro atoms. The second-order valence-corrected chi connectivity index (χ2v) is 7.50. The Bertz CT molecular complexity index is 1060. The molecule has 146 valence electrons. The fourth-order valence-corrected chi connectivity index (χ4v) is 3.40. The molecule has 2 heterocycles. The molecule has 3 aromatic rings. The van der Waals surface area contributed by atoms with E-state index in [0.717, 1.165) is 16.8 Å². The highest BCUT2D eigenvalue weighted by Gasteiger charge is 2.16. The van der Waals surface area contributed by atoms with Crippen molar-refractivity contribution in [2.24, 2.45) is 7.05 Å². The van der Waals surface area contributed by atoms with Crippen molar-refractivity contribution in [3.8, 4) is 0 Å². The predicted molar refractivity (Wildman–Crippen MR) is 106 cm³/mol. The zero-order valence-corrected chi connectivity index (χ0v) is 16.8. The molecular formula is C19H20FN5O2S. The Morgan fingerprint density at radius 1 is 1.18 bits per heavy atom. The van der Waals surface area contributed by atoms with Crippen LogP contribution in [-0.4, -0.2) is 26.6 Å². The number of amides is 2. The minimum absolute atomic E-state index is 0.0798. The number of hydrogen-bond donors (Lipinski definition) is 2. The molecule has 0 aliphatic carbocycles.